The number of hydrogen-bond donors (Lipinski definition) is 0. The molecular weight excluding hydrogens is 228 g/mol. The van der Waals surface area contributed by atoms with E-state index < -0.39 is 0 Å². The molecule has 0 aromatic carbocycles. The second kappa shape index (κ2) is 4.12. The average Bonchev–Trinajstić information content (AvgIpc) is 2.79. The van der Waals surface area contributed by atoms with Gasteiger partial charge in [0.05, 0.1) is 0 Å². The fourth-order valence-electron chi connectivity index (χ4n) is 6.75. The first kappa shape index (κ1) is 12.5. The van der Waals surface area contributed by atoms with E-state index in [1.54, 1.807) is 6.42 Å². The molecule has 0 spiro atoms. The number of fused-ring (bicyclic) bond motifs is 5. The van der Waals surface area contributed by atoms with Crippen molar-refractivity contribution < 1.29 is 0 Å². The van der Waals surface area contributed by atoms with Gasteiger partial charge in [-0.15, -0.1) is 0 Å². The third-order valence-electron chi connectivity index (χ3n) is 7.81. The number of rotatable bonds is 0. The lowest BCUT2D eigenvalue weighted by Gasteiger charge is -2.57. The van der Waals surface area contributed by atoms with Crippen molar-refractivity contribution in [3.8, 4) is 0 Å². The van der Waals surface area contributed by atoms with Gasteiger partial charge in [0.15, 0.2) is 0 Å². The minimum Gasteiger partial charge on any atom is -0.0848 e. The van der Waals surface area contributed by atoms with Gasteiger partial charge in [0.25, 0.3) is 0 Å². The van der Waals surface area contributed by atoms with E-state index in [9.17, 15) is 0 Å². The van der Waals surface area contributed by atoms with Gasteiger partial charge in [0, 0.05) is 0 Å². The highest BCUT2D eigenvalue weighted by Crippen LogP contribution is 2.65. The maximum atomic E-state index is 2.63. The third-order valence-corrected chi connectivity index (χ3v) is 7.81. The van der Waals surface area contributed by atoms with Crippen LogP contribution in [0.3, 0.4) is 0 Å². The van der Waals surface area contributed by atoms with Gasteiger partial charge in [-0.2, -0.15) is 0 Å². The van der Waals surface area contributed by atoms with Crippen molar-refractivity contribution >= 4 is 0 Å². The quantitative estimate of drug-likeness (QED) is 0.487. The van der Waals surface area contributed by atoms with Crippen LogP contribution < -0.4 is 0 Å². The van der Waals surface area contributed by atoms with Crippen LogP contribution in [0.2, 0.25) is 0 Å². The van der Waals surface area contributed by atoms with Crippen LogP contribution in [0.25, 0.3) is 0 Å². The summed E-state index contributed by atoms with van der Waals surface area (Å²) in [5, 5.41) is 0. The van der Waals surface area contributed by atoms with Gasteiger partial charge in [-0.1, -0.05) is 31.9 Å². The van der Waals surface area contributed by atoms with Gasteiger partial charge in [-0.3, -0.25) is 0 Å². The predicted molar refractivity (Wildman–Crippen MR) is 80.9 cm³/mol. The lowest BCUT2D eigenvalue weighted by atomic mass is 9.47. The van der Waals surface area contributed by atoms with E-state index in [-0.39, 0.29) is 0 Å². The Labute approximate surface area is 119 Å². The molecule has 0 N–H and O–H groups in total. The summed E-state index contributed by atoms with van der Waals surface area (Å²) in [6.45, 7) is 5.25. The summed E-state index contributed by atoms with van der Waals surface area (Å²) in [6, 6.07) is 0. The van der Waals surface area contributed by atoms with E-state index in [2.05, 4.69) is 19.9 Å². The molecule has 0 heteroatoms. The molecule has 0 saturated heterocycles. The van der Waals surface area contributed by atoms with Crippen LogP contribution in [-0.4, -0.2) is 0 Å². The summed E-state index contributed by atoms with van der Waals surface area (Å²) in [5.41, 5.74) is 3.19. The molecule has 0 bridgehead atoms. The molecule has 0 aromatic rings. The number of allylic oxidation sites excluding steroid dienone is 2. The third kappa shape index (κ3) is 1.64. The summed E-state index contributed by atoms with van der Waals surface area (Å²) < 4.78 is 0. The largest absolute Gasteiger partial charge is 0.0848 e. The van der Waals surface area contributed by atoms with Crippen LogP contribution in [0.5, 0.6) is 0 Å². The first-order valence-corrected chi connectivity index (χ1v) is 8.83. The van der Waals surface area contributed by atoms with Crippen molar-refractivity contribution in [2.24, 2.45) is 28.6 Å². The maximum absolute atomic E-state index is 2.63. The van der Waals surface area contributed by atoms with Crippen LogP contribution in [0.1, 0.15) is 78.1 Å². The van der Waals surface area contributed by atoms with Crippen LogP contribution in [0.15, 0.2) is 11.6 Å². The van der Waals surface area contributed by atoms with E-state index >= 15 is 0 Å². The molecule has 0 amide bonds. The molecule has 106 valence electrons. The molecule has 0 aromatic heterocycles. The zero-order valence-electron chi connectivity index (χ0n) is 12.9. The fourth-order valence-corrected chi connectivity index (χ4v) is 6.75. The lowest BCUT2D eigenvalue weighted by Crippen LogP contribution is -2.48. The Bertz CT molecular complexity index is 406. The summed E-state index contributed by atoms with van der Waals surface area (Å²) in [6.07, 6.45) is 17.5. The highest BCUT2D eigenvalue weighted by molar-refractivity contribution is 5.23. The molecule has 0 aliphatic heterocycles. The molecule has 0 radical (unpaired) electrons. The van der Waals surface area contributed by atoms with Crippen LogP contribution in [0, 0.1) is 28.6 Å². The zero-order valence-corrected chi connectivity index (χ0v) is 12.9. The smallest absolute Gasteiger partial charge is 0.00853 e. The van der Waals surface area contributed by atoms with Crippen molar-refractivity contribution in [1.29, 1.82) is 0 Å². The molecule has 0 heterocycles. The van der Waals surface area contributed by atoms with Gasteiger partial charge >= 0.3 is 0 Å². The molecule has 19 heavy (non-hydrogen) atoms. The van der Waals surface area contributed by atoms with Gasteiger partial charge < -0.3 is 0 Å². The second-order valence-electron chi connectivity index (χ2n) is 8.54. The first-order valence-electron chi connectivity index (χ1n) is 8.83. The lowest BCUT2D eigenvalue weighted by molar-refractivity contribution is -0.0360. The van der Waals surface area contributed by atoms with Crippen molar-refractivity contribution in [2.45, 2.75) is 78.1 Å². The average molecular weight is 258 g/mol. The van der Waals surface area contributed by atoms with E-state index in [0.717, 1.165) is 23.2 Å². The van der Waals surface area contributed by atoms with Crippen molar-refractivity contribution in [3.05, 3.63) is 11.6 Å². The van der Waals surface area contributed by atoms with E-state index in [1.807, 2.05) is 5.57 Å². The Balaban J connectivity index is 1.69. The molecule has 3 saturated carbocycles. The van der Waals surface area contributed by atoms with Crippen molar-refractivity contribution in [2.75, 3.05) is 0 Å². The highest BCUT2D eigenvalue weighted by atomic mass is 14.6. The van der Waals surface area contributed by atoms with Crippen LogP contribution in [-0.2, 0) is 0 Å². The molecule has 0 unspecified atom stereocenters. The normalized spacial score (nSPS) is 52.9. The molecule has 0 nitrogen and oxygen atoms in total. The standard InChI is InChI=1S/C19H30/c1-18-11-5-7-16(18)15-9-8-14-6-3-4-12-19(14,2)17(15)10-13-18/h6,15-17H,3-5,7-13H2,1-2H3/t15-,16-,17-,18-,19+/m0/s1. The number of hydrogen-bond acceptors (Lipinski definition) is 0. The summed E-state index contributed by atoms with van der Waals surface area (Å²) in [4.78, 5) is 0. The van der Waals surface area contributed by atoms with Gasteiger partial charge in [-0.05, 0) is 86.4 Å². The Morgan fingerprint density at radius 1 is 0.947 bits per heavy atom. The molecule has 4 rings (SSSR count). The fraction of sp³-hybridized carbons (Fsp3) is 0.895. The zero-order chi connectivity index (χ0) is 13.1. The minimum absolute atomic E-state index is 0.602. The SMILES string of the molecule is C[C@@]12CCC[C@H]1[C@@H]1CCC3=CCCC[C@@]3(C)[C@H]1CC2. The monoisotopic (exact) mass is 258 g/mol. The molecule has 3 fully saturated rings. The van der Waals surface area contributed by atoms with Crippen LogP contribution in [0.4, 0.5) is 0 Å². The van der Waals surface area contributed by atoms with Gasteiger partial charge in [-0.25, -0.2) is 0 Å². The van der Waals surface area contributed by atoms with Gasteiger partial charge in [0.1, 0.15) is 0 Å². The Morgan fingerprint density at radius 2 is 1.84 bits per heavy atom. The van der Waals surface area contributed by atoms with E-state index in [0.29, 0.717) is 5.41 Å². The Hall–Kier alpha value is -0.260. The van der Waals surface area contributed by atoms with Gasteiger partial charge in [0.2, 0.25) is 0 Å². The summed E-state index contributed by atoms with van der Waals surface area (Å²) in [7, 11) is 0. The summed E-state index contributed by atoms with van der Waals surface area (Å²) in [5.74, 6) is 3.18. The van der Waals surface area contributed by atoms with Crippen molar-refractivity contribution in [3.63, 3.8) is 0 Å². The van der Waals surface area contributed by atoms with Crippen molar-refractivity contribution in [1.82, 2.24) is 0 Å². The molecule has 4 aliphatic carbocycles. The minimum atomic E-state index is 0.602. The predicted octanol–water partition coefficient (Wildman–Crippen LogP) is 5.73. The van der Waals surface area contributed by atoms with Crippen LogP contribution >= 0.6 is 0 Å². The second-order valence-corrected chi connectivity index (χ2v) is 8.54. The highest BCUT2D eigenvalue weighted by Gasteiger charge is 2.55. The first-order chi connectivity index (χ1) is 9.13. The summed E-state index contributed by atoms with van der Waals surface area (Å²) >= 11 is 0. The van der Waals surface area contributed by atoms with E-state index in [4.69, 9.17) is 0 Å². The Kier molecular flexibility index (Phi) is 2.71. The van der Waals surface area contributed by atoms with E-state index in [1.165, 1.54) is 57.8 Å². The Morgan fingerprint density at radius 3 is 2.74 bits per heavy atom. The molecule has 5 atom stereocenters. The topological polar surface area (TPSA) is 0 Å². The molecular formula is C19H30. The molecule has 4 aliphatic rings. The maximum Gasteiger partial charge on any atom is -0.00853 e.